The Morgan fingerprint density at radius 1 is 1.18 bits per heavy atom. The molecule has 2 amide bonds. The predicted octanol–water partition coefficient (Wildman–Crippen LogP) is 4.61. The highest BCUT2D eigenvalue weighted by Gasteiger charge is 2.23. The second kappa shape index (κ2) is 7.59. The lowest BCUT2D eigenvalue weighted by Crippen LogP contribution is -2.30. The topological polar surface area (TPSA) is 54.0 Å². The number of nitrogens with one attached hydrogen (secondary N) is 2. The van der Waals surface area contributed by atoms with Gasteiger partial charge in [0.15, 0.2) is 0 Å². The van der Waals surface area contributed by atoms with Crippen molar-refractivity contribution in [2.45, 2.75) is 39.7 Å². The number of carbonyl (C=O) groups is 1. The fourth-order valence-electron chi connectivity index (χ4n) is 2.10. The van der Waals surface area contributed by atoms with Gasteiger partial charge in [-0.05, 0) is 43.5 Å². The summed E-state index contributed by atoms with van der Waals surface area (Å²) in [6, 6.07) is 12.0. The summed E-state index contributed by atoms with van der Waals surface area (Å²) >= 11 is 0. The number of benzene rings is 1. The molecule has 0 spiro atoms. The van der Waals surface area contributed by atoms with E-state index in [0.717, 1.165) is 35.3 Å². The third-order valence-corrected chi connectivity index (χ3v) is 3.37. The van der Waals surface area contributed by atoms with Gasteiger partial charge in [-0.25, -0.2) is 4.79 Å². The largest absolute Gasteiger partial charge is 0.335 e. The number of hydrogen-bond acceptors (Lipinski definition) is 2. The molecule has 1 saturated carbocycles. The van der Waals surface area contributed by atoms with Crippen LogP contribution in [0.2, 0.25) is 0 Å². The molecular weight excluding hydrogens is 274 g/mol. The summed E-state index contributed by atoms with van der Waals surface area (Å²) in [7, 11) is 0. The van der Waals surface area contributed by atoms with Crippen molar-refractivity contribution in [3.63, 3.8) is 0 Å². The minimum Gasteiger partial charge on any atom is -0.335 e. The van der Waals surface area contributed by atoms with Crippen LogP contribution in [-0.2, 0) is 0 Å². The Morgan fingerprint density at radius 3 is 2.45 bits per heavy atom. The number of aryl methyl sites for hydroxylation is 1. The van der Waals surface area contributed by atoms with E-state index in [4.69, 9.17) is 0 Å². The zero-order chi connectivity index (χ0) is 15.9. The van der Waals surface area contributed by atoms with E-state index in [-0.39, 0.29) is 7.46 Å². The average molecular weight is 299 g/mol. The van der Waals surface area contributed by atoms with E-state index in [1.807, 2.05) is 57.2 Å². The molecule has 1 aromatic heterocycles. The van der Waals surface area contributed by atoms with Crippen LogP contribution >= 0.6 is 0 Å². The fourth-order valence-corrected chi connectivity index (χ4v) is 2.10. The molecule has 0 unspecified atom stereocenters. The van der Waals surface area contributed by atoms with Crippen LogP contribution < -0.4 is 10.6 Å². The number of urea groups is 1. The zero-order valence-electron chi connectivity index (χ0n) is 13.4. The molecule has 0 aliphatic heterocycles. The molecular formula is C18H25N3O. The van der Waals surface area contributed by atoms with Crippen molar-refractivity contribution >= 4 is 11.7 Å². The van der Waals surface area contributed by atoms with Crippen LogP contribution in [0.4, 0.5) is 10.5 Å². The van der Waals surface area contributed by atoms with Crippen molar-refractivity contribution in [1.82, 2.24) is 10.3 Å². The number of hydrogen-bond donors (Lipinski definition) is 2. The van der Waals surface area contributed by atoms with Crippen molar-refractivity contribution in [2.75, 3.05) is 5.32 Å². The van der Waals surface area contributed by atoms with Gasteiger partial charge < -0.3 is 10.6 Å². The highest BCUT2D eigenvalue weighted by molar-refractivity contribution is 5.90. The van der Waals surface area contributed by atoms with E-state index < -0.39 is 0 Å². The summed E-state index contributed by atoms with van der Waals surface area (Å²) in [6.07, 6.45) is 3.97. The summed E-state index contributed by atoms with van der Waals surface area (Å²) in [5, 5.41) is 5.74. The van der Waals surface area contributed by atoms with Crippen molar-refractivity contribution in [1.29, 1.82) is 0 Å². The number of nitrogens with zero attached hydrogens (tertiary/aromatic N) is 1. The molecule has 4 nitrogen and oxygen atoms in total. The third kappa shape index (κ3) is 4.32. The van der Waals surface area contributed by atoms with Crippen molar-refractivity contribution in [2.24, 2.45) is 0 Å². The normalized spacial score (nSPS) is 12.9. The Labute approximate surface area is 133 Å². The van der Waals surface area contributed by atoms with Crippen LogP contribution in [0.5, 0.6) is 0 Å². The van der Waals surface area contributed by atoms with E-state index in [2.05, 4.69) is 15.6 Å². The maximum absolute atomic E-state index is 11.6. The third-order valence-electron chi connectivity index (χ3n) is 3.37. The Bertz CT molecular complexity index is 624. The molecule has 3 rings (SSSR count). The number of rotatable bonds is 3. The first-order valence-corrected chi connectivity index (χ1v) is 7.82. The molecule has 2 N–H and O–H groups in total. The van der Waals surface area contributed by atoms with Crippen molar-refractivity contribution in [3.8, 4) is 11.1 Å². The first-order valence-electron chi connectivity index (χ1n) is 7.82. The summed E-state index contributed by atoms with van der Waals surface area (Å²) in [5.41, 5.74) is 4.01. The van der Waals surface area contributed by atoms with Gasteiger partial charge in [-0.1, -0.05) is 32.0 Å². The van der Waals surface area contributed by atoms with Crippen molar-refractivity contribution in [3.05, 3.63) is 48.3 Å². The maximum atomic E-state index is 11.6. The van der Waals surface area contributed by atoms with Gasteiger partial charge in [0.25, 0.3) is 0 Å². The van der Waals surface area contributed by atoms with E-state index in [1.54, 1.807) is 6.20 Å². The van der Waals surface area contributed by atoms with Crippen LogP contribution in [0, 0.1) is 6.92 Å². The Morgan fingerprint density at radius 2 is 1.86 bits per heavy atom. The molecule has 2 aromatic rings. The predicted molar refractivity (Wildman–Crippen MR) is 93.0 cm³/mol. The molecule has 0 bridgehead atoms. The van der Waals surface area contributed by atoms with Crippen LogP contribution in [-0.4, -0.2) is 17.1 Å². The van der Waals surface area contributed by atoms with E-state index in [1.165, 1.54) is 0 Å². The number of aromatic nitrogens is 1. The SMILES string of the molecule is CC.Cc1ncccc1-c1ccc(NC(=O)NC2CC2)cc1.[HH]. The van der Waals surface area contributed by atoms with Gasteiger partial charge in [0.2, 0.25) is 0 Å². The number of pyridine rings is 1. The van der Waals surface area contributed by atoms with Gasteiger partial charge in [0, 0.05) is 30.6 Å². The monoisotopic (exact) mass is 299 g/mol. The van der Waals surface area contributed by atoms with Gasteiger partial charge in [-0.15, -0.1) is 0 Å². The Kier molecular flexibility index (Phi) is 5.53. The fraction of sp³-hybridized carbons (Fsp3) is 0.333. The van der Waals surface area contributed by atoms with Crippen LogP contribution in [0.25, 0.3) is 11.1 Å². The summed E-state index contributed by atoms with van der Waals surface area (Å²) < 4.78 is 0. The smallest absolute Gasteiger partial charge is 0.319 e. The molecule has 1 aliphatic rings. The van der Waals surface area contributed by atoms with Crippen LogP contribution in [0.3, 0.4) is 0 Å². The second-order valence-corrected chi connectivity index (χ2v) is 5.09. The molecule has 1 aromatic carbocycles. The highest BCUT2D eigenvalue weighted by Crippen LogP contribution is 2.23. The maximum Gasteiger partial charge on any atom is 0.319 e. The average Bonchev–Trinajstić information content (AvgIpc) is 3.34. The molecule has 0 radical (unpaired) electrons. The lowest BCUT2D eigenvalue weighted by molar-refractivity contribution is 0.251. The molecule has 1 aliphatic carbocycles. The molecule has 0 saturated heterocycles. The Balaban J connectivity index is 0.000000849. The van der Waals surface area contributed by atoms with E-state index >= 15 is 0 Å². The lowest BCUT2D eigenvalue weighted by atomic mass is 10.0. The molecule has 1 heterocycles. The summed E-state index contributed by atoms with van der Waals surface area (Å²) in [4.78, 5) is 15.9. The molecule has 1 fully saturated rings. The first kappa shape index (κ1) is 16.0. The molecule has 0 atom stereocenters. The van der Waals surface area contributed by atoms with Crippen LogP contribution in [0.15, 0.2) is 42.6 Å². The molecule has 22 heavy (non-hydrogen) atoms. The highest BCUT2D eigenvalue weighted by atomic mass is 16.2. The lowest BCUT2D eigenvalue weighted by Gasteiger charge is -2.08. The first-order chi connectivity index (χ1) is 10.7. The van der Waals surface area contributed by atoms with Gasteiger partial charge >= 0.3 is 6.03 Å². The number of amides is 2. The number of carbonyl (C=O) groups excluding carboxylic acids is 1. The minimum absolute atomic E-state index is 0. The number of anilines is 1. The molecule has 118 valence electrons. The summed E-state index contributed by atoms with van der Waals surface area (Å²) in [6.45, 7) is 5.99. The zero-order valence-corrected chi connectivity index (χ0v) is 13.4. The van der Waals surface area contributed by atoms with Crippen molar-refractivity contribution < 1.29 is 6.22 Å². The molecule has 4 heteroatoms. The second-order valence-electron chi connectivity index (χ2n) is 5.09. The van der Waals surface area contributed by atoms with E-state index in [0.29, 0.717) is 6.04 Å². The van der Waals surface area contributed by atoms with Gasteiger partial charge in [-0.3, -0.25) is 4.98 Å². The van der Waals surface area contributed by atoms with Crippen LogP contribution in [0.1, 0.15) is 33.8 Å². The van der Waals surface area contributed by atoms with Gasteiger partial charge in [0.05, 0.1) is 0 Å². The summed E-state index contributed by atoms with van der Waals surface area (Å²) in [5.74, 6) is 0. The van der Waals surface area contributed by atoms with Gasteiger partial charge in [0.1, 0.15) is 0 Å². The Hall–Kier alpha value is -2.36. The van der Waals surface area contributed by atoms with Gasteiger partial charge in [-0.2, -0.15) is 0 Å². The quantitative estimate of drug-likeness (QED) is 0.869. The minimum atomic E-state index is -0.127. The van der Waals surface area contributed by atoms with E-state index in [9.17, 15) is 4.79 Å². The standard InChI is InChI=1S/C16H17N3O.C2H6.H2/c1-11-15(3-2-10-17-11)12-4-6-13(7-5-12)18-16(20)19-14-8-9-14;1-2;/h2-7,10,14H,8-9H2,1H3,(H2,18,19,20);1-2H3;1H.